The van der Waals surface area contributed by atoms with E-state index in [9.17, 15) is 14.2 Å². The number of aromatic nitrogens is 1. The van der Waals surface area contributed by atoms with E-state index in [0.29, 0.717) is 6.42 Å². The predicted molar refractivity (Wildman–Crippen MR) is 104 cm³/mol. The Kier molecular flexibility index (Phi) is 5.97. The first-order chi connectivity index (χ1) is 11.9. The summed E-state index contributed by atoms with van der Waals surface area (Å²) >= 11 is 0. The molecule has 1 amide bonds. The third-order valence-electron chi connectivity index (χ3n) is 3.72. The highest BCUT2D eigenvalue weighted by Gasteiger charge is 2.28. The van der Waals surface area contributed by atoms with Gasteiger partial charge >= 0.3 is 6.09 Å². The van der Waals surface area contributed by atoms with Gasteiger partial charge in [0.25, 0.3) is 0 Å². The summed E-state index contributed by atoms with van der Waals surface area (Å²) in [6.07, 6.45) is 1.43. The quantitative estimate of drug-likeness (QED) is 0.749. The van der Waals surface area contributed by atoms with Gasteiger partial charge in [0.2, 0.25) is 0 Å². The highest BCUT2D eigenvalue weighted by atomic mass is 31.2. The molecule has 6 nitrogen and oxygen atoms in total. The molecule has 0 aliphatic rings. The maximum absolute atomic E-state index is 12.7. The van der Waals surface area contributed by atoms with Crippen LogP contribution in [0.1, 0.15) is 26.3 Å². The zero-order chi connectivity index (χ0) is 19.5. The minimum atomic E-state index is -2.55. The number of rotatable bonds is 6. The molecule has 7 heteroatoms. The second kappa shape index (κ2) is 7.67. The summed E-state index contributed by atoms with van der Waals surface area (Å²) in [5.41, 5.74) is 1.21. The van der Waals surface area contributed by atoms with Crippen LogP contribution in [0.15, 0.2) is 30.5 Å². The zero-order valence-electron chi connectivity index (χ0n) is 16.0. The minimum absolute atomic E-state index is 0.0597. The van der Waals surface area contributed by atoms with Gasteiger partial charge in [0.15, 0.2) is 5.78 Å². The number of carbonyl (C=O) groups excluding carboxylic acids is 2. The first-order valence-corrected chi connectivity index (χ1v) is 11.3. The van der Waals surface area contributed by atoms with E-state index in [-0.39, 0.29) is 11.9 Å². The van der Waals surface area contributed by atoms with Crippen molar-refractivity contribution in [2.24, 2.45) is 0 Å². The largest absolute Gasteiger partial charge is 0.444 e. The number of hydrogen-bond acceptors (Lipinski definition) is 4. The zero-order valence-corrected chi connectivity index (χ0v) is 16.9. The molecule has 26 heavy (non-hydrogen) atoms. The van der Waals surface area contributed by atoms with Gasteiger partial charge < -0.3 is 19.6 Å². The molecule has 2 N–H and O–H groups in total. The van der Waals surface area contributed by atoms with Gasteiger partial charge in [-0.2, -0.15) is 0 Å². The molecule has 2 rings (SSSR count). The predicted octanol–water partition coefficient (Wildman–Crippen LogP) is 3.80. The van der Waals surface area contributed by atoms with Gasteiger partial charge in [-0.1, -0.05) is 18.2 Å². The molecule has 0 bridgehead atoms. The molecule has 0 saturated carbocycles. The van der Waals surface area contributed by atoms with Crippen molar-refractivity contribution in [2.75, 3.05) is 19.5 Å². The molecule has 0 aliphatic heterocycles. The van der Waals surface area contributed by atoms with Crippen molar-refractivity contribution in [1.82, 2.24) is 10.3 Å². The molecule has 0 saturated heterocycles. The Morgan fingerprint density at radius 1 is 1.23 bits per heavy atom. The molecule has 142 valence electrons. The molecule has 1 aromatic heterocycles. The average Bonchev–Trinajstić information content (AvgIpc) is 2.86. The molecule has 0 fully saturated rings. The number of para-hydroxylation sites is 1. The van der Waals surface area contributed by atoms with Gasteiger partial charge in [0.1, 0.15) is 5.60 Å². The molecule has 1 aromatic carbocycles. The van der Waals surface area contributed by atoms with E-state index in [0.717, 1.165) is 16.5 Å². The van der Waals surface area contributed by atoms with Crippen LogP contribution >= 0.6 is 7.14 Å². The molecule has 1 unspecified atom stereocenters. The van der Waals surface area contributed by atoms with Crippen molar-refractivity contribution in [2.45, 2.75) is 38.8 Å². The second-order valence-electron chi connectivity index (χ2n) is 7.96. The number of H-pyrrole nitrogens is 1. The van der Waals surface area contributed by atoms with Crippen LogP contribution in [0.5, 0.6) is 0 Å². The first kappa shape index (κ1) is 20.2. The van der Waals surface area contributed by atoms with Gasteiger partial charge in [0.05, 0.1) is 19.3 Å². The van der Waals surface area contributed by atoms with Crippen molar-refractivity contribution in [3.05, 3.63) is 36.0 Å². The number of alkyl carbamates (subject to hydrolysis) is 1. The lowest BCUT2D eigenvalue weighted by atomic mass is 10.0. The highest BCUT2D eigenvalue weighted by Crippen LogP contribution is 2.36. The fraction of sp³-hybridized carbons (Fsp3) is 0.474. The Hall–Kier alpha value is -2.07. The van der Waals surface area contributed by atoms with E-state index < -0.39 is 24.9 Å². The molecule has 0 radical (unpaired) electrons. The SMILES string of the molecule is CC(C)(C)OC(=O)NC(Cc1c[nH]c2ccccc12)C(=O)CP(C)(C)=O. The molecule has 1 atom stereocenters. The van der Waals surface area contributed by atoms with Crippen molar-refractivity contribution < 1.29 is 18.9 Å². The van der Waals surface area contributed by atoms with E-state index >= 15 is 0 Å². The third-order valence-corrected chi connectivity index (χ3v) is 4.79. The maximum atomic E-state index is 12.7. The van der Waals surface area contributed by atoms with E-state index in [1.807, 2.05) is 30.5 Å². The Bertz CT molecular complexity index is 845. The Labute approximate surface area is 154 Å². The lowest BCUT2D eigenvalue weighted by molar-refractivity contribution is -0.118. The molecule has 0 spiro atoms. The normalized spacial score (nSPS) is 13.4. The van der Waals surface area contributed by atoms with Crippen molar-refractivity contribution in [1.29, 1.82) is 0 Å². The van der Waals surface area contributed by atoms with Crippen LogP contribution in [0, 0.1) is 0 Å². The number of aromatic amines is 1. The summed E-state index contributed by atoms with van der Waals surface area (Å²) in [6.45, 7) is 8.42. The smallest absolute Gasteiger partial charge is 0.408 e. The van der Waals surface area contributed by atoms with Crippen molar-refractivity contribution in [3.63, 3.8) is 0 Å². The summed E-state index contributed by atoms with van der Waals surface area (Å²) in [4.78, 5) is 28.0. The van der Waals surface area contributed by atoms with Crippen molar-refractivity contribution in [3.8, 4) is 0 Å². The number of hydrogen-bond donors (Lipinski definition) is 2. The van der Waals surface area contributed by atoms with Crippen LogP contribution in [0.2, 0.25) is 0 Å². The van der Waals surface area contributed by atoms with Gasteiger partial charge in [-0.05, 0) is 45.7 Å². The van der Waals surface area contributed by atoms with Crippen LogP contribution in [0.4, 0.5) is 4.79 Å². The Morgan fingerprint density at radius 2 is 1.88 bits per heavy atom. The fourth-order valence-corrected chi connectivity index (χ4v) is 3.67. The van der Waals surface area contributed by atoms with Gasteiger partial charge in [-0.15, -0.1) is 0 Å². The standard InChI is InChI=1S/C19H27N2O4P/c1-19(2,3)25-18(23)21-16(17(22)12-26(4,5)24)10-13-11-20-15-9-7-6-8-14(13)15/h6-9,11,16,20H,10,12H2,1-5H3,(H,21,23). The number of benzene rings is 1. The summed E-state index contributed by atoms with van der Waals surface area (Å²) in [7, 11) is -2.55. The summed E-state index contributed by atoms with van der Waals surface area (Å²) in [5, 5.41) is 3.65. The molecule has 1 heterocycles. The van der Waals surface area contributed by atoms with Gasteiger partial charge in [-0.3, -0.25) is 4.79 Å². The monoisotopic (exact) mass is 378 g/mol. The van der Waals surface area contributed by atoms with Crippen molar-refractivity contribution >= 4 is 29.9 Å². The van der Waals surface area contributed by atoms with E-state index in [4.69, 9.17) is 4.74 Å². The summed E-state index contributed by atoms with van der Waals surface area (Å²) in [6, 6.07) is 6.96. The Morgan fingerprint density at radius 3 is 2.50 bits per heavy atom. The topological polar surface area (TPSA) is 88.3 Å². The summed E-state index contributed by atoms with van der Waals surface area (Å²) < 4.78 is 17.4. The molecular formula is C19H27N2O4P. The van der Waals surface area contributed by atoms with Crippen LogP contribution < -0.4 is 5.32 Å². The number of carbonyl (C=O) groups is 2. The summed E-state index contributed by atoms with van der Waals surface area (Å²) in [5.74, 6) is -0.255. The first-order valence-electron chi connectivity index (χ1n) is 8.56. The molecule has 0 aliphatic carbocycles. The lowest BCUT2D eigenvalue weighted by Gasteiger charge is -2.23. The number of fused-ring (bicyclic) bond motifs is 1. The fourth-order valence-electron chi connectivity index (χ4n) is 2.70. The Balaban J connectivity index is 2.23. The third kappa shape index (κ3) is 6.03. The number of amides is 1. The van der Waals surface area contributed by atoms with E-state index in [2.05, 4.69) is 10.3 Å². The molecular weight excluding hydrogens is 351 g/mol. The van der Waals surface area contributed by atoms with Crippen LogP contribution in [-0.2, 0) is 20.5 Å². The number of nitrogens with one attached hydrogen (secondary N) is 2. The van der Waals surface area contributed by atoms with Crippen LogP contribution in [-0.4, -0.2) is 48.0 Å². The van der Waals surface area contributed by atoms with E-state index in [1.165, 1.54) is 0 Å². The second-order valence-corrected chi connectivity index (χ2v) is 11.4. The van der Waals surface area contributed by atoms with Gasteiger partial charge in [-0.25, -0.2) is 4.79 Å². The van der Waals surface area contributed by atoms with E-state index in [1.54, 1.807) is 34.1 Å². The maximum Gasteiger partial charge on any atom is 0.408 e. The van der Waals surface area contributed by atoms with Gasteiger partial charge in [0, 0.05) is 23.5 Å². The number of Topliss-reactive ketones (excluding diaryl/α,β-unsaturated/α-hetero) is 1. The lowest BCUT2D eigenvalue weighted by Crippen LogP contribution is -2.45. The molecule has 2 aromatic rings. The highest BCUT2D eigenvalue weighted by molar-refractivity contribution is 7.63. The number of ketones is 1. The number of ether oxygens (including phenoxy) is 1. The minimum Gasteiger partial charge on any atom is -0.444 e. The van der Waals surface area contributed by atoms with Crippen LogP contribution in [0.25, 0.3) is 10.9 Å². The van der Waals surface area contributed by atoms with Crippen LogP contribution in [0.3, 0.4) is 0 Å². The average molecular weight is 378 g/mol.